The number of carbonyl (C=O) groups is 1. The summed E-state index contributed by atoms with van der Waals surface area (Å²) in [6, 6.07) is 7.81. The zero-order valence-electron chi connectivity index (χ0n) is 17.7. The van der Waals surface area contributed by atoms with Gasteiger partial charge in [0.05, 0.1) is 51.1 Å². The van der Waals surface area contributed by atoms with Gasteiger partial charge >= 0.3 is 0 Å². The lowest BCUT2D eigenvalue weighted by Crippen LogP contribution is -2.31. The molecule has 1 aromatic rings. The fourth-order valence-electron chi connectivity index (χ4n) is 3.10. The van der Waals surface area contributed by atoms with Crippen molar-refractivity contribution < 1.29 is 28.8 Å². The Balaban J connectivity index is 2.67. The number of hydrogen-bond acceptors (Lipinski definition) is 7. The molecular formula is C22H33NO6. The van der Waals surface area contributed by atoms with E-state index in [4.69, 9.17) is 18.9 Å². The molecule has 0 heterocycles. The van der Waals surface area contributed by atoms with Crippen LogP contribution in [0.1, 0.15) is 37.8 Å². The van der Waals surface area contributed by atoms with Crippen molar-refractivity contribution in [3.05, 3.63) is 29.3 Å². The number of nitrogens with zero attached hydrogens (tertiary/aromatic N) is 1. The van der Waals surface area contributed by atoms with Crippen molar-refractivity contribution in [3.63, 3.8) is 0 Å². The molecule has 1 N–H and O–H groups in total. The van der Waals surface area contributed by atoms with Crippen LogP contribution in [0.3, 0.4) is 0 Å². The van der Waals surface area contributed by atoms with Gasteiger partial charge < -0.3 is 28.8 Å². The summed E-state index contributed by atoms with van der Waals surface area (Å²) in [5, 5.41) is 19.6. The van der Waals surface area contributed by atoms with E-state index in [0.29, 0.717) is 63.8 Å². The van der Waals surface area contributed by atoms with Gasteiger partial charge in [0.2, 0.25) is 0 Å². The Kier molecular flexibility index (Phi) is 12.2. The van der Waals surface area contributed by atoms with Crippen LogP contribution < -0.4 is 4.74 Å². The van der Waals surface area contributed by atoms with Crippen molar-refractivity contribution in [2.75, 3.05) is 46.8 Å². The largest absolute Gasteiger partial charge is 0.491 e. The third-order valence-electron chi connectivity index (χ3n) is 4.88. The summed E-state index contributed by atoms with van der Waals surface area (Å²) >= 11 is 0. The molecule has 1 unspecified atom stereocenters. The zero-order chi connectivity index (χ0) is 21.5. The molecule has 7 nitrogen and oxygen atoms in total. The molecule has 0 aliphatic rings. The van der Waals surface area contributed by atoms with Crippen LogP contribution in [0.4, 0.5) is 0 Å². The molecule has 0 aliphatic heterocycles. The predicted octanol–water partition coefficient (Wildman–Crippen LogP) is 2.63. The minimum absolute atomic E-state index is 0.0188. The number of ether oxygens (including phenoxy) is 4. The maximum Gasteiger partial charge on any atom is 0.124 e. The molecule has 162 valence electrons. The number of carbonyl (C=O) groups excluding carboxylic acids is 1. The van der Waals surface area contributed by atoms with E-state index in [1.807, 2.05) is 19.9 Å². The Morgan fingerprint density at radius 2 is 1.79 bits per heavy atom. The highest BCUT2D eigenvalue weighted by molar-refractivity contribution is 5.51. The maximum absolute atomic E-state index is 10.9. The maximum atomic E-state index is 10.9. The number of nitriles is 1. The van der Waals surface area contributed by atoms with Crippen LogP contribution in [0, 0.1) is 17.2 Å². The van der Waals surface area contributed by atoms with Gasteiger partial charge in [-0.05, 0) is 30.0 Å². The number of aldehydes is 1. The van der Waals surface area contributed by atoms with Gasteiger partial charge in [-0.15, -0.1) is 0 Å². The Bertz CT molecular complexity index is 643. The van der Waals surface area contributed by atoms with Crippen LogP contribution in [0.25, 0.3) is 0 Å². The van der Waals surface area contributed by atoms with Crippen LogP contribution in [0.15, 0.2) is 18.2 Å². The molecule has 0 saturated heterocycles. The summed E-state index contributed by atoms with van der Waals surface area (Å²) in [6.45, 7) is 6.52. The van der Waals surface area contributed by atoms with Gasteiger partial charge in [0.15, 0.2) is 0 Å². The molecule has 0 bridgehead atoms. The van der Waals surface area contributed by atoms with E-state index >= 15 is 0 Å². The molecule has 1 atom stereocenters. The first kappa shape index (κ1) is 25.1. The number of methoxy groups -OCH3 is 1. The van der Waals surface area contributed by atoms with Crippen molar-refractivity contribution in [3.8, 4) is 11.8 Å². The molecule has 0 aliphatic carbocycles. The molecule has 0 amide bonds. The smallest absolute Gasteiger partial charge is 0.124 e. The van der Waals surface area contributed by atoms with Gasteiger partial charge in [-0.1, -0.05) is 19.9 Å². The van der Waals surface area contributed by atoms with E-state index in [2.05, 4.69) is 6.07 Å². The molecule has 29 heavy (non-hydrogen) atoms. The van der Waals surface area contributed by atoms with E-state index < -0.39 is 5.41 Å². The first-order valence-corrected chi connectivity index (χ1v) is 9.92. The number of rotatable bonds is 16. The lowest BCUT2D eigenvalue weighted by atomic mass is 9.69. The Morgan fingerprint density at radius 1 is 1.14 bits per heavy atom. The quantitative estimate of drug-likeness (QED) is 0.332. The zero-order valence-corrected chi connectivity index (χ0v) is 17.7. The first-order chi connectivity index (χ1) is 14.1. The van der Waals surface area contributed by atoms with Crippen molar-refractivity contribution in [2.45, 2.75) is 38.7 Å². The summed E-state index contributed by atoms with van der Waals surface area (Å²) in [5.74, 6) is 0.576. The summed E-state index contributed by atoms with van der Waals surface area (Å²) < 4.78 is 21.4. The van der Waals surface area contributed by atoms with Crippen LogP contribution >= 0.6 is 0 Å². The summed E-state index contributed by atoms with van der Waals surface area (Å²) in [6.07, 6.45) is 1.59. The average molecular weight is 408 g/mol. The fourth-order valence-corrected chi connectivity index (χ4v) is 3.10. The normalized spacial score (nSPS) is 13.1. The second-order valence-electron chi connectivity index (χ2n) is 6.99. The van der Waals surface area contributed by atoms with Crippen LogP contribution in [0.5, 0.6) is 5.75 Å². The van der Waals surface area contributed by atoms with E-state index in [-0.39, 0.29) is 12.5 Å². The van der Waals surface area contributed by atoms with Gasteiger partial charge in [0.25, 0.3) is 0 Å². The average Bonchev–Trinajstić information content (AvgIpc) is 2.73. The van der Waals surface area contributed by atoms with Crippen molar-refractivity contribution >= 4 is 6.29 Å². The number of aliphatic hydroxyl groups excluding tert-OH is 1. The topological polar surface area (TPSA) is 98.0 Å². The summed E-state index contributed by atoms with van der Waals surface area (Å²) in [7, 11) is 1.62. The Morgan fingerprint density at radius 3 is 2.34 bits per heavy atom. The molecule has 0 aromatic heterocycles. The summed E-state index contributed by atoms with van der Waals surface area (Å²) in [5.41, 5.74) is 0.615. The second-order valence-corrected chi connectivity index (χ2v) is 6.99. The Hall–Kier alpha value is -1.98. The standard InChI is InChI=1S/C22H33NO6/c1-18(2)22(17-23,7-4-8-24)20-5-6-21(19(15-20)16-25)29-14-13-28-12-11-27-10-9-26-3/h5-6,8,15,18,25H,4,7,9-14,16H2,1-3H3. The van der Waals surface area contributed by atoms with Crippen molar-refractivity contribution in [2.24, 2.45) is 5.92 Å². The number of benzene rings is 1. The van der Waals surface area contributed by atoms with Gasteiger partial charge in [-0.2, -0.15) is 5.26 Å². The lowest BCUT2D eigenvalue weighted by Gasteiger charge is -2.31. The molecule has 0 radical (unpaired) electrons. The van der Waals surface area contributed by atoms with Gasteiger partial charge in [-0.25, -0.2) is 0 Å². The highest BCUT2D eigenvalue weighted by atomic mass is 16.6. The van der Waals surface area contributed by atoms with Crippen LogP contribution in [-0.4, -0.2) is 58.1 Å². The minimum Gasteiger partial charge on any atom is -0.491 e. The van der Waals surface area contributed by atoms with Crippen molar-refractivity contribution in [1.82, 2.24) is 0 Å². The van der Waals surface area contributed by atoms with Crippen molar-refractivity contribution in [1.29, 1.82) is 5.26 Å². The molecule has 1 aromatic carbocycles. The third-order valence-corrected chi connectivity index (χ3v) is 4.88. The van der Waals surface area contributed by atoms with E-state index in [1.165, 1.54) is 0 Å². The monoisotopic (exact) mass is 407 g/mol. The lowest BCUT2D eigenvalue weighted by molar-refractivity contribution is -0.108. The minimum atomic E-state index is -0.782. The summed E-state index contributed by atoms with van der Waals surface area (Å²) in [4.78, 5) is 10.9. The van der Waals surface area contributed by atoms with Gasteiger partial charge in [0, 0.05) is 19.1 Å². The van der Waals surface area contributed by atoms with Crippen LogP contribution in [0.2, 0.25) is 0 Å². The third kappa shape index (κ3) is 7.75. The predicted molar refractivity (Wildman–Crippen MR) is 109 cm³/mol. The SMILES string of the molecule is COCCOCCOCCOc1ccc(C(C#N)(CCC=O)C(C)C)cc1CO. The number of hydrogen-bond donors (Lipinski definition) is 1. The molecule has 0 fully saturated rings. The van der Waals surface area contributed by atoms with E-state index in [9.17, 15) is 15.2 Å². The van der Waals surface area contributed by atoms with E-state index in [0.717, 1.165) is 11.8 Å². The molecule has 1 rings (SSSR count). The van der Waals surface area contributed by atoms with E-state index in [1.54, 1.807) is 19.2 Å². The number of aliphatic hydroxyl groups is 1. The highest BCUT2D eigenvalue weighted by Crippen LogP contribution is 2.38. The van der Waals surface area contributed by atoms with Gasteiger partial charge in [-0.3, -0.25) is 0 Å². The molecule has 0 spiro atoms. The molecular weight excluding hydrogens is 374 g/mol. The Labute approximate surface area is 173 Å². The van der Waals surface area contributed by atoms with Gasteiger partial charge in [0.1, 0.15) is 18.6 Å². The first-order valence-electron chi connectivity index (χ1n) is 9.92. The molecule has 7 heteroatoms. The second kappa shape index (κ2) is 14.1. The molecule has 0 saturated carbocycles. The fraction of sp³-hybridized carbons (Fsp3) is 0.636. The highest BCUT2D eigenvalue weighted by Gasteiger charge is 2.36. The van der Waals surface area contributed by atoms with Crippen LogP contribution in [-0.2, 0) is 31.0 Å².